The van der Waals surface area contributed by atoms with Crippen LogP contribution in [0.1, 0.15) is 37.9 Å². The SMILES string of the molecule is CCC(N)c1ccc(N2CCCC(C(=O)NC)C2)cn1. The Morgan fingerprint density at radius 2 is 2.40 bits per heavy atom. The maximum atomic E-state index is 11.8. The van der Waals surface area contributed by atoms with Gasteiger partial charge in [0.1, 0.15) is 0 Å². The number of carbonyl (C=O) groups is 1. The molecule has 1 aromatic rings. The molecule has 3 N–H and O–H groups in total. The van der Waals surface area contributed by atoms with Crippen molar-refractivity contribution in [3.63, 3.8) is 0 Å². The van der Waals surface area contributed by atoms with Gasteiger partial charge in [-0.05, 0) is 31.4 Å². The molecule has 0 saturated carbocycles. The van der Waals surface area contributed by atoms with Gasteiger partial charge in [0.05, 0.1) is 23.5 Å². The van der Waals surface area contributed by atoms with E-state index in [2.05, 4.69) is 28.2 Å². The predicted molar refractivity (Wildman–Crippen MR) is 80.5 cm³/mol. The summed E-state index contributed by atoms with van der Waals surface area (Å²) in [6, 6.07) is 4.06. The summed E-state index contributed by atoms with van der Waals surface area (Å²) in [6.07, 6.45) is 4.75. The van der Waals surface area contributed by atoms with Crippen molar-refractivity contribution in [1.82, 2.24) is 10.3 Å². The minimum Gasteiger partial charge on any atom is -0.369 e. The Morgan fingerprint density at radius 1 is 1.60 bits per heavy atom. The van der Waals surface area contributed by atoms with Crippen LogP contribution in [0.25, 0.3) is 0 Å². The third-order valence-electron chi connectivity index (χ3n) is 3.99. The lowest BCUT2D eigenvalue weighted by Crippen LogP contribution is -2.42. The molecular formula is C15H24N4O. The second kappa shape index (κ2) is 6.70. The quantitative estimate of drug-likeness (QED) is 0.873. The fraction of sp³-hybridized carbons (Fsp3) is 0.600. The van der Waals surface area contributed by atoms with Crippen LogP contribution < -0.4 is 16.0 Å². The van der Waals surface area contributed by atoms with Gasteiger partial charge in [0.25, 0.3) is 0 Å². The summed E-state index contributed by atoms with van der Waals surface area (Å²) in [5.41, 5.74) is 7.98. The van der Waals surface area contributed by atoms with Crippen molar-refractivity contribution in [2.24, 2.45) is 11.7 Å². The summed E-state index contributed by atoms with van der Waals surface area (Å²) < 4.78 is 0. The first-order valence-electron chi connectivity index (χ1n) is 7.33. The average molecular weight is 276 g/mol. The highest BCUT2D eigenvalue weighted by molar-refractivity contribution is 5.79. The van der Waals surface area contributed by atoms with E-state index in [4.69, 9.17) is 5.73 Å². The van der Waals surface area contributed by atoms with E-state index in [1.807, 2.05) is 12.3 Å². The predicted octanol–water partition coefficient (Wildman–Crippen LogP) is 1.45. The summed E-state index contributed by atoms with van der Waals surface area (Å²) in [7, 11) is 1.70. The Bertz CT molecular complexity index is 446. The number of pyridine rings is 1. The van der Waals surface area contributed by atoms with E-state index < -0.39 is 0 Å². The number of nitrogens with zero attached hydrogens (tertiary/aromatic N) is 2. The second-order valence-corrected chi connectivity index (χ2v) is 5.36. The van der Waals surface area contributed by atoms with Crippen LogP contribution in [-0.2, 0) is 4.79 Å². The van der Waals surface area contributed by atoms with Gasteiger partial charge in [-0.2, -0.15) is 0 Å². The van der Waals surface area contributed by atoms with E-state index in [1.54, 1.807) is 7.05 Å². The lowest BCUT2D eigenvalue weighted by Gasteiger charge is -2.33. The third-order valence-corrected chi connectivity index (χ3v) is 3.99. The van der Waals surface area contributed by atoms with Crippen molar-refractivity contribution in [1.29, 1.82) is 0 Å². The van der Waals surface area contributed by atoms with Gasteiger partial charge in [-0.3, -0.25) is 9.78 Å². The molecule has 1 fully saturated rings. The highest BCUT2D eigenvalue weighted by atomic mass is 16.1. The van der Waals surface area contributed by atoms with Crippen LogP contribution in [0.2, 0.25) is 0 Å². The first kappa shape index (κ1) is 14.8. The number of hydrogen-bond acceptors (Lipinski definition) is 4. The highest BCUT2D eigenvalue weighted by Crippen LogP contribution is 2.23. The molecule has 110 valence electrons. The molecule has 2 heterocycles. The zero-order valence-electron chi connectivity index (χ0n) is 12.3. The topological polar surface area (TPSA) is 71.2 Å². The molecule has 1 amide bonds. The Labute approximate surface area is 120 Å². The van der Waals surface area contributed by atoms with E-state index in [0.29, 0.717) is 0 Å². The molecule has 20 heavy (non-hydrogen) atoms. The minimum atomic E-state index is 0.00373. The lowest BCUT2D eigenvalue weighted by atomic mass is 9.97. The number of nitrogens with two attached hydrogens (primary N) is 1. The Hall–Kier alpha value is -1.62. The van der Waals surface area contributed by atoms with Crippen LogP contribution in [0.4, 0.5) is 5.69 Å². The van der Waals surface area contributed by atoms with Crippen molar-refractivity contribution in [3.05, 3.63) is 24.0 Å². The van der Waals surface area contributed by atoms with Crippen molar-refractivity contribution in [2.45, 2.75) is 32.2 Å². The van der Waals surface area contributed by atoms with Gasteiger partial charge in [0.15, 0.2) is 0 Å². The molecule has 2 atom stereocenters. The van der Waals surface area contributed by atoms with Gasteiger partial charge in [0, 0.05) is 26.2 Å². The van der Waals surface area contributed by atoms with Gasteiger partial charge >= 0.3 is 0 Å². The Kier molecular flexibility index (Phi) is 4.95. The van der Waals surface area contributed by atoms with Crippen LogP contribution in [0.3, 0.4) is 0 Å². The summed E-state index contributed by atoms with van der Waals surface area (Å²) in [6.45, 7) is 3.80. The molecule has 1 aliphatic rings. The van der Waals surface area contributed by atoms with Crippen molar-refractivity contribution >= 4 is 11.6 Å². The number of rotatable bonds is 4. The number of piperidine rings is 1. The van der Waals surface area contributed by atoms with Crippen molar-refractivity contribution in [3.8, 4) is 0 Å². The fourth-order valence-corrected chi connectivity index (χ4v) is 2.64. The summed E-state index contributed by atoms with van der Waals surface area (Å²) in [5, 5.41) is 2.74. The zero-order chi connectivity index (χ0) is 14.5. The molecule has 0 bridgehead atoms. The lowest BCUT2D eigenvalue weighted by molar-refractivity contribution is -0.124. The van der Waals surface area contributed by atoms with Crippen LogP contribution in [0.15, 0.2) is 18.3 Å². The molecule has 0 radical (unpaired) electrons. The largest absolute Gasteiger partial charge is 0.369 e. The van der Waals surface area contributed by atoms with E-state index >= 15 is 0 Å². The number of aromatic nitrogens is 1. The molecule has 0 aliphatic carbocycles. The zero-order valence-corrected chi connectivity index (χ0v) is 12.3. The van der Waals surface area contributed by atoms with Gasteiger partial charge < -0.3 is 16.0 Å². The monoisotopic (exact) mass is 276 g/mol. The number of hydrogen-bond donors (Lipinski definition) is 2. The Balaban J connectivity index is 2.05. The molecule has 0 spiro atoms. The van der Waals surface area contributed by atoms with Gasteiger partial charge in [0.2, 0.25) is 5.91 Å². The maximum absolute atomic E-state index is 11.8. The fourth-order valence-electron chi connectivity index (χ4n) is 2.64. The van der Waals surface area contributed by atoms with Crippen molar-refractivity contribution in [2.75, 3.05) is 25.0 Å². The normalized spacial score (nSPS) is 20.6. The maximum Gasteiger partial charge on any atom is 0.224 e. The van der Waals surface area contributed by atoms with Gasteiger partial charge in [-0.25, -0.2) is 0 Å². The van der Waals surface area contributed by atoms with E-state index in [-0.39, 0.29) is 17.9 Å². The third kappa shape index (κ3) is 3.28. The molecule has 1 aliphatic heterocycles. The number of amides is 1. The van der Waals surface area contributed by atoms with Gasteiger partial charge in [-0.15, -0.1) is 0 Å². The van der Waals surface area contributed by atoms with Crippen LogP contribution >= 0.6 is 0 Å². The first-order valence-corrected chi connectivity index (χ1v) is 7.33. The van der Waals surface area contributed by atoms with Gasteiger partial charge in [-0.1, -0.05) is 6.92 Å². The van der Waals surface area contributed by atoms with Crippen LogP contribution in [0, 0.1) is 5.92 Å². The van der Waals surface area contributed by atoms with E-state index in [0.717, 1.165) is 43.7 Å². The minimum absolute atomic E-state index is 0.00373. The first-order chi connectivity index (χ1) is 9.65. The molecule has 5 heteroatoms. The number of nitrogens with one attached hydrogen (secondary N) is 1. The number of anilines is 1. The second-order valence-electron chi connectivity index (χ2n) is 5.36. The molecule has 2 rings (SSSR count). The molecule has 2 unspecified atom stereocenters. The molecular weight excluding hydrogens is 252 g/mol. The highest BCUT2D eigenvalue weighted by Gasteiger charge is 2.25. The van der Waals surface area contributed by atoms with E-state index in [9.17, 15) is 4.79 Å². The molecule has 1 saturated heterocycles. The number of carbonyl (C=O) groups excluding carboxylic acids is 1. The Morgan fingerprint density at radius 3 is 3.00 bits per heavy atom. The smallest absolute Gasteiger partial charge is 0.224 e. The molecule has 0 aromatic carbocycles. The van der Waals surface area contributed by atoms with Crippen molar-refractivity contribution < 1.29 is 4.79 Å². The van der Waals surface area contributed by atoms with Crippen LogP contribution in [-0.4, -0.2) is 31.0 Å². The summed E-state index contributed by atoms with van der Waals surface area (Å²) in [5.74, 6) is 0.207. The van der Waals surface area contributed by atoms with Crippen LogP contribution in [0.5, 0.6) is 0 Å². The summed E-state index contributed by atoms with van der Waals surface area (Å²) >= 11 is 0. The van der Waals surface area contributed by atoms with E-state index in [1.165, 1.54) is 0 Å². The standard InChI is InChI=1S/C15H24N4O/c1-3-13(16)14-7-6-12(9-18-14)19-8-4-5-11(10-19)15(20)17-2/h6-7,9,11,13H,3-5,8,10,16H2,1-2H3,(H,17,20). The molecule has 5 nitrogen and oxygen atoms in total. The summed E-state index contributed by atoms with van der Waals surface area (Å²) in [4.78, 5) is 18.4. The average Bonchev–Trinajstić information content (AvgIpc) is 2.53. The molecule has 1 aromatic heterocycles.